The molecule has 3 unspecified atom stereocenters. The Hall–Kier alpha value is -2.70. The Morgan fingerprint density at radius 1 is 0.484 bits per heavy atom. The van der Waals surface area contributed by atoms with E-state index in [1.807, 2.05) is 0 Å². The van der Waals surface area contributed by atoms with Gasteiger partial charge in [0.2, 0.25) is 5.91 Å². The molecule has 0 aliphatic carbocycles. The first-order chi connectivity index (χ1) is 31.5. The van der Waals surface area contributed by atoms with Crippen LogP contribution in [0.3, 0.4) is 0 Å². The Labute approximate surface area is 396 Å². The lowest BCUT2D eigenvalue weighted by Crippen LogP contribution is -2.46. The summed E-state index contributed by atoms with van der Waals surface area (Å²) in [5, 5.41) is 23.8. The van der Waals surface area contributed by atoms with Gasteiger partial charge in [0, 0.05) is 6.42 Å². The quantitative estimate of drug-likeness (QED) is 0.0245. The molecule has 0 aliphatic rings. The van der Waals surface area contributed by atoms with E-state index in [2.05, 4.69) is 99.0 Å². The number of amides is 1. The van der Waals surface area contributed by atoms with Gasteiger partial charge in [-0.15, -0.1) is 0 Å². The van der Waals surface area contributed by atoms with Gasteiger partial charge in [-0.1, -0.05) is 229 Å². The number of carbonyl (C=O) groups is 2. The van der Waals surface area contributed by atoms with Crippen LogP contribution in [0.2, 0.25) is 0 Å². The van der Waals surface area contributed by atoms with Gasteiger partial charge >= 0.3 is 5.97 Å². The smallest absolute Gasteiger partial charge is 0.306 e. The number of hydrogen-bond acceptors (Lipinski definition) is 5. The molecule has 0 spiro atoms. The number of nitrogens with one attached hydrogen (secondary N) is 1. The number of hydrogen-bond donors (Lipinski definition) is 3. The number of ether oxygens (including phenoxy) is 1. The van der Waals surface area contributed by atoms with E-state index in [4.69, 9.17) is 4.74 Å². The Morgan fingerprint density at radius 2 is 0.891 bits per heavy atom. The lowest BCUT2D eigenvalue weighted by Gasteiger charge is -2.24. The van der Waals surface area contributed by atoms with Gasteiger partial charge in [0.05, 0.1) is 25.2 Å². The minimum atomic E-state index is -0.802. The highest BCUT2D eigenvalue weighted by molar-refractivity contribution is 5.77. The maximum atomic E-state index is 13.2. The van der Waals surface area contributed by atoms with E-state index < -0.39 is 18.2 Å². The molecule has 0 rings (SSSR count). The number of aliphatic hydroxyl groups is 2. The first-order valence-electron chi connectivity index (χ1n) is 27.2. The van der Waals surface area contributed by atoms with Crippen molar-refractivity contribution in [3.63, 3.8) is 0 Å². The van der Waals surface area contributed by atoms with Gasteiger partial charge in [-0.05, 0) is 89.9 Å². The Morgan fingerprint density at radius 3 is 1.41 bits per heavy atom. The normalized spacial score (nSPS) is 13.8. The highest BCUT2D eigenvalue weighted by Crippen LogP contribution is 2.18. The first kappa shape index (κ1) is 61.3. The SMILES string of the molecule is CC/C=C/C/C=C/C/C=C/C/C=C/CCCCCC(=O)OC(CCCCCC/C=C/C=C/CCCCC)CC(=O)NC(CO)C(O)CCCCCCCCCCCCCCCCCC. The number of allylic oxidation sites excluding steroid dienone is 12. The van der Waals surface area contributed by atoms with Gasteiger partial charge in [-0.3, -0.25) is 9.59 Å². The summed E-state index contributed by atoms with van der Waals surface area (Å²) in [6.45, 7) is 6.34. The third kappa shape index (κ3) is 45.9. The van der Waals surface area contributed by atoms with E-state index in [1.54, 1.807) is 0 Å². The van der Waals surface area contributed by atoms with Crippen molar-refractivity contribution in [2.45, 2.75) is 277 Å². The van der Waals surface area contributed by atoms with Crippen molar-refractivity contribution in [3.05, 3.63) is 72.9 Å². The largest absolute Gasteiger partial charge is 0.462 e. The summed E-state index contributed by atoms with van der Waals surface area (Å²) < 4.78 is 5.92. The summed E-state index contributed by atoms with van der Waals surface area (Å²) in [6, 6.07) is -0.718. The second-order valence-corrected chi connectivity index (χ2v) is 18.3. The second-order valence-electron chi connectivity index (χ2n) is 18.3. The predicted molar refractivity (Wildman–Crippen MR) is 278 cm³/mol. The highest BCUT2D eigenvalue weighted by atomic mass is 16.5. The second kappa shape index (κ2) is 51.3. The average Bonchev–Trinajstić information content (AvgIpc) is 3.29. The number of esters is 1. The molecule has 64 heavy (non-hydrogen) atoms. The van der Waals surface area contributed by atoms with E-state index in [9.17, 15) is 19.8 Å². The molecule has 0 heterocycles. The van der Waals surface area contributed by atoms with Gasteiger partial charge in [0.25, 0.3) is 0 Å². The van der Waals surface area contributed by atoms with Crippen LogP contribution < -0.4 is 5.32 Å². The summed E-state index contributed by atoms with van der Waals surface area (Å²) in [6.07, 6.45) is 65.3. The predicted octanol–water partition coefficient (Wildman–Crippen LogP) is 16.6. The maximum absolute atomic E-state index is 13.2. The molecule has 0 aliphatic heterocycles. The summed E-state index contributed by atoms with van der Waals surface area (Å²) in [5.41, 5.74) is 0. The van der Waals surface area contributed by atoms with Gasteiger partial charge in [-0.2, -0.15) is 0 Å². The van der Waals surface area contributed by atoms with Crippen molar-refractivity contribution in [2.24, 2.45) is 0 Å². The van der Waals surface area contributed by atoms with Crippen molar-refractivity contribution in [2.75, 3.05) is 6.61 Å². The zero-order valence-corrected chi connectivity index (χ0v) is 42.1. The van der Waals surface area contributed by atoms with Crippen LogP contribution in [0.1, 0.15) is 258 Å². The monoisotopic (exact) mass is 894 g/mol. The first-order valence-corrected chi connectivity index (χ1v) is 27.2. The summed E-state index contributed by atoms with van der Waals surface area (Å²) in [7, 11) is 0. The fourth-order valence-electron chi connectivity index (χ4n) is 7.94. The van der Waals surface area contributed by atoms with Crippen LogP contribution in [0.25, 0.3) is 0 Å². The number of unbranched alkanes of at least 4 members (excludes halogenated alkanes) is 25. The van der Waals surface area contributed by atoms with E-state index in [-0.39, 0.29) is 24.9 Å². The molecular formula is C58H103NO5. The molecule has 0 aromatic carbocycles. The summed E-state index contributed by atoms with van der Waals surface area (Å²) in [4.78, 5) is 26.2. The standard InChI is InChI=1S/C58H103NO5/c1-4-7-10-13-16-19-22-25-27-29-32-35-38-41-44-47-50-56(61)55(53-60)59-57(62)52-54(49-46-43-40-37-34-31-24-21-18-15-12-9-6-3)64-58(63)51-48-45-42-39-36-33-30-28-26-23-20-17-14-11-8-5-2/h8,11,17-18,20-21,24,26,28,31,33,36,54-56,60-61H,4-7,9-10,12-16,19,22-23,25,27,29-30,32,34-35,37-53H2,1-3H3,(H,59,62)/b11-8+,20-17+,21-18+,28-26+,31-24+,36-33+. The molecule has 0 saturated carbocycles. The van der Waals surface area contributed by atoms with Crippen LogP contribution in [-0.4, -0.2) is 46.9 Å². The van der Waals surface area contributed by atoms with E-state index in [0.29, 0.717) is 19.3 Å². The highest BCUT2D eigenvalue weighted by Gasteiger charge is 2.24. The Kier molecular flexibility index (Phi) is 49.1. The topological polar surface area (TPSA) is 95.9 Å². The molecule has 0 radical (unpaired) electrons. The minimum Gasteiger partial charge on any atom is -0.462 e. The third-order valence-corrected chi connectivity index (χ3v) is 12.0. The molecule has 3 N–H and O–H groups in total. The molecule has 0 bridgehead atoms. The fraction of sp³-hybridized carbons (Fsp3) is 0.759. The number of rotatable bonds is 48. The van der Waals surface area contributed by atoms with Crippen molar-refractivity contribution < 1.29 is 24.5 Å². The fourth-order valence-corrected chi connectivity index (χ4v) is 7.94. The molecule has 6 nitrogen and oxygen atoms in total. The molecule has 0 aromatic rings. The van der Waals surface area contributed by atoms with Crippen LogP contribution in [0, 0.1) is 0 Å². The minimum absolute atomic E-state index is 0.0488. The van der Waals surface area contributed by atoms with E-state index in [0.717, 1.165) is 109 Å². The van der Waals surface area contributed by atoms with Gasteiger partial charge in [0.15, 0.2) is 0 Å². The van der Waals surface area contributed by atoms with Gasteiger partial charge < -0.3 is 20.3 Å². The summed E-state index contributed by atoms with van der Waals surface area (Å²) >= 11 is 0. The lowest BCUT2D eigenvalue weighted by atomic mass is 10.0. The third-order valence-electron chi connectivity index (χ3n) is 12.0. The molecular weight excluding hydrogens is 791 g/mol. The van der Waals surface area contributed by atoms with Gasteiger partial charge in [-0.25, -0.2) is 0 Å². The summed E-state index contributed by atoms with van der Waals surface area (Å²) in [5.74, 6) is -0.530. The molecule has 6 heteroatoms. The Balaban J connectivity index is 4.61. The van der Waals surface area contributed by atoms with Crippen molar-refractivity contribution in [1.82, 2.24) is 5.32 Å². The van der Waals surface area contributed by atoms with Gasteiger partial charge in [0.1, 0.15) is 6.10 Å². The van der Waals surface area contributed by atoms with Crippen molar-refractivity contribution in [3.8, 4) is 0 Å². The molecule has 0 aromatic heterocycles. The Bertz CT molecular complexity index is 1190. The zero-order chi connectivity index (χ0) is 46.7. The van der Waals surface area contributed by atoms with Crippen LogP contribution >= 0.6 is 0 Å². The number of carbonyl (C=O) groups excluding carboxylic acids is 2. The van der Waals surface area contributed by atoms with Crippen LogP contribution in [0.4, 0.5) is 0 Å². The van der Waals surface area contributed by atoms with Crippen LogP contribution in [0.5, 0.6) is 0 Å². The van der Waals surface area contributed by atoms with E-state index >= 15 is 0 Å². The van der Waals surface area contributed by atoms with Crippen LogP contribution in [0.15, 0.2) is 72.9 Å². The average molecular weight is 894 g/mol. The molecule has 0 saturated heterocycles. The van der Waals surface area contributed by atoms with Crippen molar-refractivity contribution in [1.29, 1.82) is 0 Å². The number of aliphatic hydroxyl groups excluding tert-OH is 2. The van der Waals surface area contributed by atoms with E-state index in [1.165, 1.54) is 103 Å². The zero-order valence-electron chi connectivity index (χ0n) is 42.1. The molecule has 0 fully saturated rings. The van der Waals surface area contributed by atoms with Crippen molar-refractivity contribution >= 4 is 11.9 Å². The maximum Gasteiger partial charge on any atom is 0.306 e. The molecule has 3 atom stereocenters. The molecule has 1 amide bonds. The van der Waals surface area contributed by atoms with Crippen LogP contribution in [-0.2, 0) is 14.3 Å². The lowest BCUT2D eigenvalue weighted by molar-refractivity contribution is -0.151. The molecule has 370 valence electrons.